The largest absolute Gasteiger partial charge is 0.368 e. The summed E-state index contributed by atoms with van der Waals surface area (Å²) in [6, 6.07) is 8.07. The van der Waals surface area contributed by atoms with Gasteiger partial charge >= 0.3 is 0 Å². The number of amides is 1. The molecule has 1 fully saturated rings. The number of thiazole rings is 1. The quantitative estimate of drug-likeness (QED) is 0.801. The molecule has 1 aromatic carbocycles. The summed E-state index contributed by atoms with van der Waals surface area (Å²) in [4.78, 5) is 21.7. The number of rotatable bonds is 3. The van der Waals surface area contributed by atoms with Crippen molar-refractivity contribution in [3.8, 4) is 10.4 Å². The summed E-state index contributed by atoms with van der Waals surface area (Å²) >= 11 is 1.60. The minimum Gasteiger partial charge on any atom is -0.368 e. The topological polar surface area (TPSA) is 64.1 Å². The van der Waals surface area contributed by atoms with Crippen molar-refractivity contribution in [2.75, 3.05) is 11.9 Å². The van der Waals surface area contributed by atoms with E-state index in [1.807, 2.05) is 23.8 Å². The molecule has 1 aliphatic heterocycles. The number of nitrogens with one attached hydrogen (secondary N) is 1. The van der Waals surface area contributed by atoms with Gasteiger partial charge in [-0.3, -0.25) is 9.78 Å². The molecule has 1 atom stereocenters. The van der Waals surface area contributed by atoms with Gasteiger partial charge in [0.05, 0.1) is 10.4 Å². The average Bonchev–Trinajstić information content (AvgIpc) is 3.27. The van der Waals surface area contributed by atoms with Crippen LogP contribution in [0, 0.1) is 0 Å². The maximum Gasteiger partial charge on any atom is 0.254 e. The molecule has 6 heteroatoms. The third-order valence-electron chi connectivity index (χ3n) is 3.91. The number of hydrogen-bond donors (Lipinski definition) is 1. The number of ether oxygens (including phenoxy) is 1. The van der Waals surface area contributed by atoms with Crippen LogP contribution in [0.4, 0.5) is 5.82 Å². The van der Waals surface area contributed by atoms with E-state index in [4.69, 9.17) is 4.74 Å². The fourth-order valence-corrected chi connectivity index (χ4v) is 3.33. The van der Waals surface area contributed by atoms with Gasteiger partial charge in [0.1, 0.15) is 11.9 Å². The van der Waals surface area contributed by atoms with Gasteiger partial charge in [-0.1, -0.05) is 12.1 Å². The van der Waals surface area contributed by atoms with Gasteiger partial charge in [0.25, 0.3) is 5.91 Å². The first-order valence-corrected chi connectivity index (χ1v) is 8.39. The van der Waals surface area contributed by atoms with Gasteiger partial charge < -0.3 is 10.1 Å². The van der Waals surface area contributed by atoms with E-state index in [0.717, 1.165) is 34.1 Å². The molecule has 0 bridgehead atoms. The molecule has 23 heavy (non-hydrogen) atoms. The predicted octanol–water partition coefficient (Wildman–Crippen LogP) is 3.48. The zero-order valence-electron chi connectivity index (χ0n) is 12.4. The number of anilines is 1. The van der Waals surface area contributed by atoms with E-state index < -0.39 is 0 Å². The molecule has 4 rings (SSSR count). The lowest BCUT2D eigenvalue weighted by Crippen LogP contribution is -2.27. The Hall–Kier alpha value is -2.31. The first kappa shape index (κ1) is 14.3. The van der Waals surface area contributed by atoms with Crippen molar-refractivity contribution in [3.63, 3.8) is 0 Å². The van der Waals surface area contributed by atoms with Crippen molar-refractivity contribution in [2.45, 2.75) is 18.9 Å². The highest BCUT2D eigenvalue weighted by molar-refractivity contribution is 7.13. The number of carbonyl (C=O) groups is 1. The van der Waals surface area contributed by atoms with E-state index in [9.17, 15) is 4.79 Å². The summed E-state index contributed by atoms with van der Waals surface area (Å²) in [7, 11) is 0. The Balaban J connectivity index is 1.62. The molecule has 2 aromatic heterocycles. The number of fused-ring (bicyclic) bond motifs is 1. The first-order chi connectivity index (χ1) is 11.3. The van der Waals surface area contributed by atoms with Gasteiger partial charge in [0, 0.05) is 24.4 Å². The molecule has 0 saturated carbocycles. The Labute approximate surface area is 137 Å². The summed E-state index contributed by atoms with van der Waals surface area (Å²) in [6.07, 6.45) is 4.98. The van der Waals surface area contributed by atoms with Crippen LogP contribution in [-0.2, 0) is 9.53 Å². The number of pyridine rings is 1. The predicted molar refractivity (Wildman–Crippen MR) is 90.5 cm³/mol. The molecule has 1 aliphatic rings. The van der Waals surface area contributed by atoms with Gasteiger partial charge in [-0.25, -0.2) is 4.98 Å². The molecule has 1 N–H and O–H groups in total. The van der Waals surface area contributed by atoms with Gasteiger partial charge in [-0.2, -0.15) is 0 Å². The Morgan fingerprint density at radius 1 is 1.26 bits per heavy atom. The summed E-state index contributed by atoms with van der Waals surface area (Å²) in [6.45, 7) is 0.654. The van der Waals surface area contributed by atoms with E-state index in [1.165, 1.54) is 0 Å². The van der Waals surface area contributed by atoms with Crippen molar-refractivity contribution in [2.24, 2.45) is 0 Å². The number of hydrogen-bond acceptors (Lipinski definition) is 5. The van der Waals surface area contributed by atoms with Crippen LogP contribution < -0.4 is 5.32 Å². The molecule has 3 aromatic rings. The van der Waals surface area contributed by atoms with Crippen molar-refractivity contribution < 1.29 is 9.53 Å². The number of benzene rings is 1. The van der Waals surface area contributed by atoms with E-state index in [2.05, 4.69) is 27.4 Å². The number of nitrogens with zero attached hydrogens (tertiary/aromatic N) is 2. The fraction of sp³-hybridized carbons (Fsp3) is 0.235. The van der Waals surface area contributed by atoms with Crippen LogP contribution in [-0.4, -0.2) is 28.6 Å². The Morgan fingerprint density at radius 3 is 3.00 bits per heavy atom. The summed E-state index contributed by atoms with van der Waals surface area (Å²) in [5.41, 5.74) is 2.93. The van der Waals surface area contributed by atoms with E-state index in [0.29, 0.717) is 12.4 Å². The second-order valence-electron chi connectivity index (χ2n) is 5.49. The van der Waals surface area contributed by atoms with Gasteiger partial charge in [-0.05, 0) is 35.9 Å². The van der Waals surface area contributed by atoms with Crippen LogP contribution in [0.3, 0.4) is 0 Å². The van der Waals surface area contributed by atoms with Crippen LogP contribution in [0.2, 0.25) is 0 Å². The lowest BCUT2D eigenvalue weighted by atomic mass is 10.1. The Morgan fingerprint density at radius 2 is 2.22 bits per heavy atom. The minimum absolute atomic E-state index is 0.118. The zero-order chi connectivity index (χ0) is 15.6. The molecule has 1 amide bonds. The molecule has 0 spiro atoms. The molecule has 3 heterocycles. The van der Waals surface area contributed by atoms with Gasteiger partial charge in [0.2, 0.25) is 0 Å². The lowest BCUT2D eigenvalue weighted by Gasteiger charge is -2.10. The maximum absolute atomic E-state index is 12.1. The van der Waals surface area contributed by atoms with Gasteiger partial charge in [0.15, 0.2) is 0 Å². The van der Waals surface area contributed by atoms with Crippen LogP contribution in [0.5, 0.6) is 0 Å². The van der Waals surface area contributed by atoms with Crippen molar-refractivity contribution in [1.29, 1.82) is 0 Å². The number of aromatic nitrogens is 2. The molecule has 5 nitrogen and oxygen atoms in total. The molecular weight excluding hydrogens is 310 g/mol. The molecule has 0 aliphatic carbocycles. The van der Waals surface area contributed by atoms with Crippen LogP contribution in [0.25, 0.3) is 21.2 Å². The fourth-order valence-electron chi connectivity index (χ4n) is 2.71. The second-order valence-corrected chi connectivity index (χ2v) is 6.37. The first-order valence-electron chi connectivity index (χ1n) is 7.51. The monoisotopic (exact) mass is 325 g/mol. The lowest BCUT2D eigenvalue weighted by molar-refractivity contribution is -0.124. The van der Waals surface area contributed by atoms with Crippen LogP contribution in [0.1, 0.15) is 12.8 Å². The van der Waals surface area contributed by atoms with Crippen molar-refractivity contribution >= 4 is 33.8 Å². The second kappa shape index (κ2) is 6.06. The highest BCUT2D eigenvalue weighted by Gasteiger charge is 2.23. The standard InChI is InChI=1S/C17H15N3O2S/c21-17(14-2-1-5-22-14)20-16-7-13-6-11(15-9-18-10-23-15)3-4-12(13)8-19-16/h3-4,6-10,14H,1-2,5H2,(H,19,20,21). The van der Waals surface area contributed by atoms with E-state index in [1.54, 1.807) is 17.5 Å². The zero-order valence-corrected chi connectivity index (χ0v) is 13.2. The SMILES string of the molecule is O=C(Nc1cc2cc(-c3cncs3)ccc2cn1)C1CCCO1. The van der Waals surface area contributed by atoms with Crippen molar-refractivity contribution in [3.05, 3.63) is 42.2 Å². The third kappa shape index (κ3) is 2.95. The summed E-state index contributed by atoms with van der Waals surface area (Å²) < 4.78 is 5.40. The molecule has 1 saturated heterocycles. The highest BCUT2D eigenvalue weighted by atomic mass is 32.1. The highest BCUT2D eigenvalue weighted by Crippen LogP contribution is 2.27. The van der Waals surface area contributed by atoms with E-state index in [-0.39, 0.29) is 12.0 Å². The number of carbonyl (C=O) groups excluding carboxylic acids is 1. The van der Waals surface area contributed by atoms with Crippen LogP contribution in [0.15, 0.2) is 42.2 Å². The van der Waals surface area contributed by atoms with Crippen LogP contribution >= 0.6 is 11.3 Å². The maximum atomic E-state index is 12.1. The normalized spacial score (nSPS) is 17.5. The van der Waals surface area contributed by atoms with E-state index >= 15 is 0 Å². The summed E-state index contributed by atoms with van der Waals surface area (Å²) in [5.74, 6) is 0.437. The van der Waals surface area contributed by atoms with Crippen molar-refractivity contribution in [1.82, 2.24) is 9.97 Å². The molecule has 116 valence electrons. The summed E-state index contributed by atoms with van der Waals surface area (Å²) in [5, 5.41) is 4.92. The molecule has 0 radical (unpaired) electrons. The van der Waals surface area contributed by atoms with Gasteiger partial charge in [-0.15, -0.1) is 11.3 Å². The average molecular weight is 325 g/mol. The molecular formula is C17H15N3O2S. The smallest absolute Gasteiger partial charge is 0.254 e. The third-order valence-corrected chi connectivity index (χ3v) is 4.73. The Kier molecular flexibility index (Phi) is 3.77. The Bertz CT molecular complexity index is 842. The molecule has 1 unspecified atom stereocenters. The minimum atomic E-state index is -0.351.